The maximum atomic E-state index is 13.5. The Balaban J connectivity index is 2.10. The molecule has 1 aromatic rings. The third-order valence-electron chi connectivity index (χ3n) is 5.89. The number of hydrogen-bond acceptors (Lipinski definition) is 5. The van der Waals surface area contributed by atoms with E-state index in [2.05, 4.69) is 0 Å². The van der Waals surface area contributed by atoms with Gasteiger partial charge in [-0.05, 0) is 45.2 Å². The lowest BCUT2D eigenvalue weighted by Gasteiger charge is -2.32. The fraction of sp³-hybridized carbons (Fsp3) is 0.600. The third-order valence-corrected chi connectivity index (χ3v) is 7.82. The Morgan fingerprint density at radius 3 is 2.56 bits per heavy atom. The van der Waals surface area contributed by atoms with Crippen LogP contribution >= 0.6 is 0 Å². The summed E-state index contributed by atoms with van der Waals surface area (Å²) in [5.74, 6) is -0.531. The van der Waals surface area contributed by atoms with Crippen LogP contribution in [0, 0.1) is 12.3 Å². The van der Waals surface area contributed by atoms with Crippen molar-refractivity contribution in [3.63, 3.8) is 0 Å². The van der Waals surface area contributed by atoms with Gasteiger partial charge in [0.1, 0.15) is 11.8 Å². The van der Waals surface area contributed by atoms with Gasteiger partial charge in [-0.1, -0.05) is 31.0 Å². The Labute approximate surface area is 160 Å². The maximum Gasteiger partial charge on any atom is 0.324 e. The Bertz CT molecular complexity index is 832. The lowest BCUT2D eigenvalue weighted by molar-refractivity contribution is -0.147. The molecular weight excluding hydrogens is 366 g/mol. The second-order valence-corrected chi connectivity index (χ2v) is 9.57. The average Bonchev–Trinajstić information content (AvgIpc) is 2.86. The number of nitrogens with zero attached hydrogens (tertiary/aromatic N) is 1. The number of hydrogen-bond donors (Lipinski definition) is 0. The highest BCUT2D eigenvalue weighted by atomic mass is 32.2. The van der Waals surface area contributed by atoms with E-state index in [4.69, 9.17) is 4.74 Å². The number of fused-ring (bicyclic) bond motifs is 1. The fourth-order valence-electron chi connectivity index (χ4n) is 4.37. The second kappa shape index (κ2) is 7.36. The minimum absolute atomic E-state index is 0.0425. The highest BCUT2D eigenvalue weighted by Gasteiger charge is 2.59. The van der Waals surface area contributed by atoms with Crippen LogP contribution in [0.5, 0.6) is 0 Å². The summed E-state index contributed by atoms with van der Waals surface area (Å²) < 4.78 is 33.4. The van der Waals surface area contributed by atoms with E-state index in [0.717, 1.165) is 18.4 Å². The van der Waals surface area contributed by atoms with Gasteiger partial charge in [0.05, 0.1) is 11.5 Å². The highest BCUT2D eigenvalue weighted by Crippen LogP contribution is 2.48. The molecule has 2 fully saturated rings. The van der Waals surface area contributed by atoms with Gasteiger partial charge in [0.15, 0.2) is 0 Å². The molecule has 0 radical (unpaired) electrons. The topological polar surface area (TPSA) is 80.8 Å². The zero-order chi connectivity index (χ0) is 19.8. The molecule has 1 heterocycles. The molecule has 2 aliphatic rings. The van der Waals surface area contributed by atoms with Crippen molar-refractivity contribution in [1.29, 1.82) is 0 Å². The van der Waals surface area contributed by atoms with Crippen molar-refractivity contribution < 1.29 is 22.7 Å². The van der Waals surface area contributed by atoms with Crippen LogP contribution in [0.2, 0.25) is 0 Å². The molecule has 6 nitrogen and oxygen atoms in total. The standard InChI is InChI=1S/C20H27NO5S/c1-4-26-19(23)16-13-20(3)17(7-5-6-8-18(20)22)21(16)27(24,25)15-11-9-14(2)10-12-15/h9-12,16-17H,4-8,13H2,1-3H3/t16-,17-,20-/m0/s1. The van der Waals surface area contributed by atoms with Crippen LogP contribution in [0.25, 0.3) is 0 Å². The quantitative estimate of drug-likeness (QED) is 0.735. The van der Waals surface area contributed by atoms with Gasteiger partial charge >= 0.3 is 5.97 Å². The molecule has 1 aromatic carbocycles. The number of rotatable bonds is 4. The molecule has 148 valence electrons. The van der Waals surface area contributed by atoms with E-state index in [1.165, 1.54) is 4.31 Å². The molecule has 1 saturated carbocycles. The molecule has 0 N–H and O–H groups in total. The highest BCUT2D eigenvalue weighted by molar-refractivity contribution is 7.89. The van der Waals surface area contributed by atoms with Crippen molar-refractivity contribution in [3.05, 3.63) is 29.8 Å². The van der Waals surface area contributed by atoms with Gasteiger partial charge < -0.3 is 4.74 Å². The first-order valence-corrected chi connectivity index (χ1v) is 11.0. The summed E-state index contributed by atoms with van der Waals surface area (Å²) in [5, 5.41) is 0. The average molecular weight is 394 g/mol. The van der Waals surface area contributed by atoms with Crippen LogP contribution in [0.15, 0.2) is 29.2 Å². The number of sulfonamides is 1. The first-order valence-electron chi connectivity index (χ1n) is 9.52. The molecule has 27 heavy (non-hydrogen) atoms. The number of benzene rings is 1. The van der Waals surface area contributed by atoms with Crippen molar-refractivity contribution >= 4 is 21.8 Å². The van der Waals surface area contributed by atoms with Crippen molar-refractivity contribution in [3.8, 4) is 0 Å². The minimum Gasteiger partial charge on any atom is -0.465 e. The number of aryl methyl sites for hydroxylation is 1. The van der Waals surface area contributed by atoms with Gasteiger partial charge in [-0.15, -0.1) is 0 Å². The van der Waals surface area contributed by atoms with Gasteiger partial charge in [0.25, 0.3) is 0 Å². The number of esters is 1. The summed E-state index contributed by atoms with van der Waals surface area (Å²) in [4.78, 5) is 25.6. The fourth-order valence-corrected chi connectivity index (χ4v) is 6.26. The Hall–Kier alpha value is -1.73. The Morgan fingerprint density at radius 2 is 1.93 bits per heavy atom. The largest absolute Gasteiger partial charge is 0.465 e. The summed E-state index contributed by atoms with van der Waals surface area (Å²) >= 11 is 0. The smallest absolute Gasteiger partial charge is 0.324 e. The minimum atomic E-state index is -3.94. The molecular formula is C20H27NO5S. The Kier molecular flexibility index (Phi) is 5.45. The summed E-state index contributed by atoms with van der Waals surface area (Å²) in [6.07, 6.45) is 2.71. The van der Waals surface area contributed by atoms with E-state index < -0.39 is 33.5 Å². The summed E-state index contributed by atoms with van der Waals surface area (Å²) in [6.45, 7) is 5.55. The number of carbonyl (C=O) groups is 2. The monoisotopic (exact) mass is 393 g/mol. The number of Topliss-reactive ketones (excluding diaryl/α,β-unsaturated/α-hetero) is 1. The lowest BCUT2D eigenvalue weighted by Crippen LogP contribution is -2.48. The third kappa shape index (κ3) is 3.43. The second-order valence-electron chi connectivity index (χ2n) is 7.72. The lowest BCUT2D eigenvalue weighted by atomic mass is 9.77. The van der Waals surface area contributed by atoms with Crippen LogP contribution in [0.3, 0.4) is 0 Å². The number of ketones is 1. The van der Waals surface area contributed by atoms with Crippen molar-refractivity contribution in [1.82, 2.24) is 4.31 Å². The summed E-state index contributed by atoms with van der Waals surface area (Å²) in [5.41, 5.74) is 0.0953. The van der Waals surface area contributed by atoms with Crippen LogP contribution in [0.4, 0.5) is 0 Å². The van der Waals surface area contributed by atoms with Gasteiger partial charge in [-0.2, -0.15) is 4.31 Å². The molecule has 3 atom stereocenters. The van der Waals surface area contributed by atoms with Gasteiger partial charge in [-0.3, -0.25) is 9.59 Å². The molecule has 1 saturated heterocycles. The predicted molar refractivity (Wildman–Crippen MR) is 101 cm³/mol. The van der Waals surface area contributed by atoms with E-state index in [-0.39, 0.29) is 23.7 Å². The molecule has 0 bridgehead atoms. The van der Waals surface area contributed by atoms with Crippen LogP contribution < -0.4 is 0 Å². The molecule has 0 aromatic heterocycles. The normalized spacial score (nSPS) is 29.2. The van der Waals surface area contributed by atoms with Gasteiger partial charge in [0.2, 0.25) is 10.0 Å². The first kappa shape index (κ1) is 20.0. The number of carbonyl (C=O) groups excluding carboxylic acids is 2. The van der Waals surface area contributed by atoms with E-state index in [9.17, 15) is 18.0 Å². The predicted octanol–water partition coefficient (Wildman–Crippen LogP) is 2.84. The van der Waals surface area contributed by atoms with E-state index in [0.29, 0.717) is 12.8 Å². The number of ether oxygens (including phenoxy) is 1. The van der Waals surface area contributed by atoms with Crippen LogP contribution in [-0.2, 0) is 24.3 Å². The van der Waals surface area contributed by atoms with Crippen molar-refractivity contribution in [2.45, 2.75) is 69.9 Å². The summed E-state index contributed by atoms with van der Waals surface area (Å²) in [6, 6.07) is 5.10. The molecule has 0 amide bonds. The van der Waals surface area contributed by atoms with E-state index in [1.54, 1.807) is 31.2 Å². The molecule has 0 unspecified atom stereocenters. The molecule has 0 spiro atoms. The first-order chi connectivity index (χ1) is 12.7. The maximum absolute atomic E-state index is 13.5. The van der Waals surface area contributed by atoms with Gasteiger partial charge in [0, 0.05) is 17.9 Å². The van der Waals surface area contributed by atoms with E-state index in [1.807, 2.05) is 13.8 Å². The van der Waals surface area contributed by atoms with Crippen LogP contribution in [0.1, 0.15) is 51.5 Å². The Morgan fingerprint density at radius 1 is 1.26 bits per heavy atom. The van der Waals surface area contributed by atoms with Crippen molar-refractivity contribution in [2.75, 3.05) is 6.61 Å². The van der Waals surface area contributed by atoms with Gasteiger partial charge in [-0.25, -0.2) is 8.42 Å². The zero-order valence-corrected chi connectivity index (χ0v) is 16.9. The van der Waals surface area contributed by atoms with Crippen molar-refractivity contribution in [2.24, 2.45) is 5.41 Å². The molecule has 1 aliphatic carbocycles. The molecule has 1 aliphatic heterocycles. The van der Waals surface area contributed by atoms with Crippen LogP contribution in [-0.4, -0.2) is 43.2 Å². The summed E-state index contributed by atoms with van der Waals surface area (Å²) in [7, 11) is -3.94. The van der Waals surface area contributed by atoms with E-state index >= 15 is 0 Å². The zero-order valence-electron chi connectivity index (χ0n) is 16.1. The molecule has 3 rings (SSSR count). The molecule has 7 heteroatoms. The SMILES string of the molecule is CCOC(=O)[C@@H]1C[C@]2(C)C(=O)CCCC[C@@H]2N1S(=O)(=O)c1ccc(C)cc1.